The summed E-state index contributed by atoms with van der Waals surface area (Å²) in [5.41, 5.74) is 0. The molecule has 43 heavy (non-hydrogen) atoms. The average molecular weight is 695 g/mol. The largest absolute Gasteiger partial charge is 0.391 e. The second-order valence-electron chi connectivity index (χ2n) is 13.7. The second kappa shape index (κ2) is 17.9. The Labute approximate surface area is 281 Å². The number of nitrogens with one attached hydrogen (secondary N) is 2. The Morgan fingerprint density at radius 3 is 1.77 bits per heavy atom. The van der Waals surface area contributed by atoms with Crippen molar-refractivity contribution in [1.29, 1.82) is 0 Å². The molecule has 0 radical (unpaired) electrons. The van der Waals surface area contributed by atoms with Gasteiger partial charge in [0.15, 0.2) is 0 Å². The summed E-state index contributed by atoms with van der Waals surface area (Å²) in [7, 11) is 1.74. The van der Waals surface area contributed by atoms with E-state index in [4.69, 9.17) is 27.9 Å². The van der Waals surface area contributed by atoms with Crippen LogP contribution in [0, 0.1) is 23.7 Å². The zero-order valence-electron chi connectivity index (χ0n) is 26.1. The van der Waals surface area contributed by atoms with Crippen molar-refractivity contribution in [3.63, 3.8) is 0 Å². The van der Waals surface area contributed by atoms with Gasteiger partial charge in [-0.3, -0.25) is 10.6 Å². The number of aliphatic hydroxyl groups is 2. The van der Waals surface area contributed by atoms with Crippen molar-refractivity contribution in [3.8, 4) is 0 Å². The number of rotatable bonds is 5. The van der Waals surface area contributed by atoms with Gasteiger partial charge in [-0.25, -0.2) is 0 Å². The summed E-state index contributed by atoms with van der Waals surface area (Å²) >= 11 is 12.4. The third-order valence-electron chi connectivity index (χ3n) is 11.0. The van der Waals surface area contributed by atoms with E-state index in [1.807, 2.05) is 0 Å². The molecule has 4 saturated carbocycles. The maximum atomic E-state index is 10.4. The molecule has 2 aliphatic heterocycles. The number of hydrogen-bond donors (Lipinski definition) is 4. The van der Waals surface area contributed by atoms with Crippen LogP contribution in [0.25, 0.3) is 0 Å². The minimum Gasteiger partial charge on any atom is -0.391 e. The van der Waals surface area contributed by atoms with Crippen LogP contribution in [-0.2, 0) is 24.2 Å². The summed E-state index contributed by atoms with van der Waals surface area (Å²) in [6.07, 6.45) is 16.4. The predicted molar refractivity (Wildman–Crippen MR) is 166 cm³/mol. The minimum atomic E-state index is -0.341. The topological polar surface area (TPSA) is 123 Å². The Kier molecular flexibility index (Phi) is 15.0. The van der Waals surface area contributed by atoms with Crippen molar-refractivity contribution >= 4 is 23.2 Å². The van der Waals surface area contributed by atoms with E-state index in [0.29, 0.717) is 18.4 Å². The average Bonchev–Trinajstić information content (AvgIpc) is 3.01. The Balaban J connectivity index is 0.000000192. The first-order valence-electron chi connectivity index (χ1n) is 16.9. The fourth-order valence-corrected chi connectivity index (χ4v) is 9.27. The van der Waals surface area contributed by atoms with Crippen molar-refractivity contribution in [2.75, 3.05) is 20.2 Å². The molecule has 6 rings (SSSR count). The molecule has 13 unspecified atom stereocenters. The van der Waals surface area contributed by atoms with Crippen LogP contribution in [0.2, 0.25) is 0 Å². The molecular weight excluding hydrogens is 641 g/mol. The fourth-order valence-electron chi connectivity index (χ4n) is 8.54. The molecule has 6 fully saturated rings. The van der Waals surface area contributed by atoms with E-state index in [1.165, 1.54) is 57.8 Å². The Morgan fingerprint density at radius 1 is 0.651 bits per heavy atom. The summed E-state index contributed by atoms with van der Waals surface area (Å²) < 4.78 is 5.50. The number of alkyl halides is 2. The van der Waals surface area contributed by atoms with Gasteiger partial charge in [0, 0.05) is 38.5 Å². The third kappa shape index (κ3) is 9.62. The van der Waals surface area contributed by atoms with Crippen LogP contribution >= 0.6 is 23.2 Å². The van der Waals surface area contributed by atoms with E-state index in [2.05, 4.69) is 31.1 Å². The molecule has 0 bridgehead atoms. The van der Waals surface area contributed by atoms with Crippen LogP contribution in [0.1, 0.15) is 96.3 Å². The van der Waals surface area contributed by atoms with Crippen LogP contribution in [0.5, 0.6) is 0 Å². The molecule has 242 valence electrons. The van der Waals surface area contributed by atoms with Gasteiger partial charge in [-0.2, -0.15) is 20.5 Å². The number of halogens is 2. The SMILES string of the molecule is COC1CCCNC1N=NC1C(O)CCC2CCCCC21.OC1CCC2CCCCC2C1N=NC1NCC(Cl)CC1Cl.[Zn]. The fraction of sp³-hybridized carbons (Fsp3) is 1.00. The van der Waals surface area contributed by atoms with Gasteiger partial charge in [-0.05, 0) is 88.0 Å². The first-order chi connectivity index (χ1) is 20.4. The Morgan fingerprint density at radius 2 is 1.21 bits per heavy atom. The van der Waals surface area contributed by atoms with Crippen LogP contribution in [0.3, 0.4) is 0 Å². The second-order valence-corrected chi connectivity index (χ2v) is 14.8. The minimum absolute atomic E-state index is 0. The van der Waals surface area contributed by atoms with Gasteiger partial charge in [0.05, 0.1) is 35.8 Å². The molecule has 2 heterocycles. The molecule has 4 aliphatic carbocycles. The van der Waals surface area contributed by atoms with Gasteiger partial charge in [-0.15, -0.1) is 23.2 Å². The first kappa shape index (κ1) is 36.0. The smallest absolute Gasteiger partial charge is 0.147 e. The number of aliphatic hydroxyl groups excluding tert-OH is 2. The van der Waals surface area contributed by atoms with E-state index >= 15 is 0 Å². The third-order valence-corrected chi connectivity index (χ3v) is 11.7. The number of piperidine rings is 2. The van der Waals surface area contributed by atoms with Crippen molar-refractivity contribution in [2.24, 2.45) is 44.1 Å². The van der Waals surface area contributed by atoms with Crippen LogP contribution in [-0.4, -0.2) is 83.9 Å². The van der Waals surface area contributed by atoms with E-state index in [0.717, 1.165) is 56.9 Å². The van der Waals surface area contributed by atoms with Gasteiger partial charge < -0.3 is 14.9 Å². The normalized spacial score (nSPS) is 45.4. The molecule has 6 aliphatic rings. The molecule has 13 atom stereocenters. The summed E-state index contributed by atoms with van der Waals surface area (Å²) in [5.74, 6) is 2.52. The monoisotopic (exact) mass is 692 g/mol. The molecule has 0 aromatic carbocycles. The molecule has 0 spiro atoms. The zero-order chi connectivity index (χ0) is 29.5. The first-order valence-corrected chi connectivity index (χ1v) is 17.8. The molecule has 0 aromatic rings. The van der Waals surface area contributed by atoms with Gasteiger partial charge >= 0.3 is 0 Å². The number of methoxy groups -OCH3 is 1. The van der Waals surface area contributed by atoms with Crippen molar-refractivity contribution in [2.45, 2.75) is 150 Å². The molecule has 12 heteroatoms. The number of azo groups is 2. The van der Waals surface area contributed by atoms with Gasteiger partial charge in [0.2, 0.25) is 0 Å². The molecule has 9 nitrogen and oxygen atoms in total. The van der Waals surface area contributed by atoms with Crippen molar-refractivity contribution in [1.82, 2.24) is 10.6 Å². The maximum absolute atomic E-state index is 10.4. The van der Waals surface area contributed by atoms with Gasteiger partial charge in [0.1, 0.15) is 12.3 Å². The van der Waals surface area contributed by atoms with Crippen LogP contribution in [0.4, 0.5) is 0 Å². The van der Waals surface area contributed by atoms with Gasteiger partial charge in [-0.1, -0.05) is 38.5 Å². The van der Waals surface area contributed by atoms with Crippen molar-refractivity contribution < 1.29 is 34.4 Å². The van der Waals surface area contributed by atoms with E-state index in [1.54, 1.807) is 7.11 Å². The Hall–Kier alpha value is 0.203. The summed E-state index contributed by atoms with van der Waals surface area (Å²) in [6.45, 7) is 1.69. The Bertz CT molecular complexity index is 892. The van der Waals surface area contributed by atoms with Crippen molar-refractivity contribution in [3.05, 3.63) is 0 Å². The van der Waals surface area contributed by atoms with E-state index in [9.17, 15) is 10.2 Å². The molecule has 0 amide bonds. The number of fused-ring (bicyclic) bond motifs is 2. The standard InChI is InChI=1S/C16H29N3O2.C15H25Cl2N3O.Zn/c1-21-14-7-4-10-17-16(14)19-18-15-12-6-3-2-5-11(12)8-9-13(15)20;16-10-7-12(17)15(18-8-10)20-19-14-11-4-2-1-3-9(11)5-6-13(14)21;/h11-17,20H,2-10H2,1H3;9-15,18,21H,1-8H2;. The van der Waals surface area contributed by atoms with E-state index in [-0.39, 0.29) is 73.0 Å². The molecule has 0 aromatic heterocycles. The molecule has 2 saturated heterocycles. The van der Waals surface area contributed by atoms with Crippen LogP contribution < -0.4 is 10.6 Å². The summed E-state index contributed by atoms with van der Waals surface area (Å²) in [5, 5.41) is 45.3. The molecular formula is C31H54Cl2N6O3Zn. The summed E-state index contributed by atoms with van der Waals surface area (Å²) in [4.78, 5) is 0. The number of hydrogen-bond acceptors (Lipinski definition) is 9. The molecule has 4 N–H and O–H groups in total. The van der Waals surface area contributed by atoms with E-state index < -0.39 is 0 Å². The predicted octanol–water partition coefficient (Wildman–Crippen LogP) is 5.79. The number of nitrogens with zero attached hydrogens (tertiary/aromatic N) is 4. The maximum Gasteiger partial charge on any atom is 0.147 e. The zero-order valence-corrected chi connectivity index (χ0v) is 30.6. The quantitative estimate of drug-likeness (QED) is 0.165. The van der Waals surface area contributed by atoms with Gasteiger partial charge in [0.25, 0.3) is 0 Å². The summed E-state index contributed by atoms with van der Waals surface area (Å²) in [6, 6.07) is -0.0336. The number of ether oxygens (including phenoxy) is 1. The van der Waals surface area contributed by atoms with Crippen LogP contribution in [0.15, 0.2) is 20.5 Å².